The summed E-state index contributed by atoms with van der Waals surface area (Å²) in [6.45, 7) is 0. The minimum absolute atomic E-state index is 0.427. The average Bonchev–Trinajstić information content (AvgIpc) is 3.05. The van der Waals surface area contributed by atoms with Gasteiger partial charge in [0.05, 0.1) is 0 Å². The van der Waals surface area contributed by atoms with Gasteiger partial charge in [0, 0.05) is 11.6 Å². The first kappa shape index (κ1) is 16.8. The largest absolute Gasteiger partial charge is 0.344 e. The van der Waals surface area contributed by atoms with E-state index in [1.165, 1.54) is 22.0 Å². The fourth-order valence-electron chi connectivity index (χ4n) is 3.62. The van der Waals surface area contributed by atoms with Crippen molar-refractivity contribution in [2.75, 3.05) is 0 Å². The molecule has 1 aliphatic heterocycles. The van der Waals surface area contributed by atoms with Gasteiger partial charge in [-0.2, -0.15) is 0 Å². The van der Waals surface area contributed by atoms with Crippen molar-refractivity contribution in [1.82, 2.24) is 4.92 Å². The molecule has 124 valence electrons. The lowest BCUT2D eigenvalue weighted by Crippen LogP contribution is -2.43. The van der Waals surface area contributed by atoms with E-state index in [2.05, 4.69) is 95.9 Å². The van der Waals surface area contributed by atoms with Gasteiger partial charge in [0.2, 0.25) is 7.28 Å². The molecule has 0 radical (unpaired) electrons. The van der Waals surface area contributed by atoms with Crippen LogP contribution < -0.4 is 16.4 Å². The fraction of sp³-hybridized carbons (Fsp3) is 0.0952. The number of hydrogen-bond acceptors (Lipinski definition) is 2. The molecule has 0 bridgehead atoms. The van der Waals surface area contributed by atoms with E-state index in [0.717, 1.165) is 28.4 Å². The fourth-order valence-corrected chi connectivity index (χ4v) is 3.62. The molecule has 0 fully saturated rings. The van der Waals surface area contributed by atoms with E-state index < -0.39 is 0 Å². The Kier molecular flexibility index (Phi) is 5.25. The zero-order chi connectivity index (χ0) is 17.6. The lowest BCUT2D eigenvalue weighted by Gasteiger charge is -2.23. The molecule has 3 aromatic rings. The van der Waals surface area contributed by atoms with Crippen LogP contribution in [0.1, 0.15) is 6.42 Å². The Bertz CT molecular complexity index is 854. The first-order chi connectivity index (χ1) is 12.9. The van der Waals surface area contributed by atoms with Crippen LogP contribution >= 0.6 is 0 Å². The molecule has 1 unspecified atom stereocenters. The second-order valence-electron chi connectivity index (χ2n) is 6.96. The second kappa shape index (κ2) is 8.14. The van der Waals surface area contributed by atoms with Crippen LogP contribution in [0.5, 0.6) is 0 Å². The van der Waals surface area contributed by atoms with Gasteiger partial charge in [-0.15, -0.1) is 0 Å². The van der Waals surface area contributed by atoms with E-state index in [0.29, 0.717) is 5.94 Å². The first-order valence-corrected chi connectivity index (χ1v) is 9.31. The van der Waals surface area contributed by atoms with Crippen LogP contribution in [0.3, 0.4) is 0 Å². The Balaban J connectivity index is 1.52. The Morgan fingerprint density at radius 1 is 0.692 bits per heavy atom. The Hall–Kier alpha value is -2.68. The SMILES string of the molecule is B(C1=NN(Bc2ccccc2)C(Bc2ccccc2)C1)c1ccccc1. The molecule has 1 atom stereocenters. The smallest absolute Gasteiger partial charge is 0.291 e. The summed E-state index contributed by atoms with van der Waals surface area (Å²) in [5, 5.41) is 5.01. The molecule has 1 heterocycles. The quantitative estimate of drug-likeness (QED) is 0.601. The highest BCUT2D eigenvalue weighted by Crippen LogP contribution is 2.13. The van der Waals surface area contributed by atoms with Crippen LogP contribution in [0.2, 0.25) is 0 Å². The van der Waals surface area contributed by atoms with Crippen molar-refractivity contribution in [3.05, 3.63) is 91.0 Å². The standard InChI is InChI=1S/C21H21B3N2/c1-4-10-17(11-5-1)22-20-16-21(23-18-12-6-2-7-13-18)26(25-20)24-19-14-8-3-9-15-19/h1-15,21-24H,16H2. The zero-order valence-electron chi connectivity index (χ0n) is 15.0. The van der Waals surface area contributed by atoms with Crippen molar-refractivity contribution in [1.29, 1.82) is 0 Å². The number of hydrazone groups is 1. The van der Waals surface area contributed by atoms with Crippen LogP contribution in [0, 0.1) is 0 Å². The molecular formula is C21H21B3N2. The van der Waals surface area contributed by atoms with Crippen LogP contribution in [0.15, 0.2) is 96.1 Å². The lowest BCUT2D eigenvalue weighted by molar-refractivity contribution is 0.481. The summed E-state index contributed by atoms with van der Waals surface area (Å²) in [5.74, 6) is 0.427. The monoisotopic (exact) mass is 334 g/mol. The highest BCUT2D eigenvalue weighted by Gasteiger charge is 2.28. The summed E-state index contributed by atoms with van der Waals surface area (Å²) >= 11 is 0. The molecule has 4 rings (SSSR count). The van der Waals surface area contributed by atoms with Gasteiger partial charge >= 0.3 is 0 Å². The van der Waals surface area contributed by atoms with Crippen LogP contribution in [0.4, 0.5) is 0 Å². The molecule has 0 spiro atoms. The third-order valence-electron chi connectivity index (χ3n) is 4.92. The van der Waals surface area contributed by atoms with Crippen LogP contribution in [0.25, 0.3) is 0 Å². The molecular weight excluding hydrogens is 313 g/mol. The van der Waals surface area contributed by atoms with Crippen LogP contribution in [-0.2, 0) is 0 Å². The first-order valence-electron chi connectivity index (χ1n) is 9.31. The van der Waals surface area contributed by atoms with Crippen molar-refractivity contribution in [3.8, 4) is 0 Å². The molecule has 0 aliphatic carbocycles. The maximum absolute atomic E-state index is 5.01. The average molecular weight is 334 g/mol. The third kappa shape index (κ3) is 4.29. The summed E-state index contributed by atoms with van der Waals surface area (Å²) in [6.07, 6.45) is 1.04. The van der Waals surface area contributed by atoms with Crippen molar-refractivity contribution < 1.29 is 0 Å². The van der Waals surface area contributed by atoms with Gasteiger partial charge < -0.3 is 4.92 Å². The molecule has 0 amide bonds. The maximum Gasteiger partial charge on any atom is 0.291 e. The molecule has 26 heavy (non-hydrogen) atoms. The van der Waals surface area contributed by atoms with Crippen LogP contribution in [-0.4, -0.2) is 38.4 Å². The Morgan fingerprint density at radius 2 is 1.23 bits per heavy atom. The van der Waals surface area contributed by atoms with E-state index in [-0.39, 0.29) is 0 Å². The molecule has 3 aromatic carbocycles. The lowest BCUT2D eigenvalue weighted by atomic mass is 9.56. The minimum atomic E-state index is 0.427. The van der Waals surface area contributed by atoms with Crippen molar-refractivity contribution in [3.63, 3.8) is 0 Å². The maximum atomic E-state index is 5.01. The number of hydrogen-bond donors (Lipinski definition) is 0. The summed E-state index contributed by atoms with van der Waals surface area (Å²) in [5.41, 5.74) is 5.32. The van der Waals surface area contributed by atoms with Gasteiger partial charge in [-0.05, 0) is 6.42 Å². The molecule has 0 aromatic heterocycles. The highest BCUT2D eigenvalue weighted by atomic mass is 15.4. The molecule has 5 heteroatoms. The van der Waals surface area contributed by atoms with Crippen molar-refractivity contribution in [2.24, 2.45) is 5.10 Å². The number of rotatable bonds is 6. The van der Waals surface area contributed by atoms with Gasteiger partial charge in [-0.1, -0.05) is 107 Å². The number of nitrogens with zero attached hydrogens (tertiary/aromatic N) is 2. The third-order valence-corrected chi connectivity index (χ3v) is 4.92. The van der Waals surface area contributed by atoms with E-state index in [4.69, 9.17) is 5.10 Å². The molecule has 1 aliphatic rings. The Morgan fingerprint density at radius 3 is 1.85 bits per heavy atom. The summed E-state index contributed by atoms with van der Waals surface area (Å²) in [4.78, 5) is 2.29. The normalized spacial score (nSPS) is 16.1. The van der Waals surface area contributed by atoms with Crippen molar-refractivity contribution >= 4 is 44.0 Å². The molecule has 0 saturated carbocycles. The minimum Gasteiger partial charge on any atom is -0.344 e. The van der Waals surface area contributed by atoms with E-state index >= 15 is 0 Å². The highest BCUT2D eigenvalue weighted by molar-refractivity contribution is 6.86. The topological polar surface area (TPSA) is 15.6 Å². The van der Waals surface area contributed by atoms with Gasteiger partial charge in [-0.25, -0.2) is 5.10 Å². The van der Waals surface area contributed by atoms with Crippen molar-refractivity contribution in [2.45, 2.75) is 12.4 Å². The second-order valence-corrected chi connectivity index (χ2v) is 6.96. The molecule has 2 nitrogen and oxygen atoms in total. The molecule has 0 saturated heterocycles. The Labute approximate surface area is 157 Å². The van der Waals surface area contributed by atoms with E-state index in [1.807, 2.05) is 0 Å². The summed E-state index contributed by atoms with van der Waals surface area (Å²) in [7, 11) is 2.85. The summed E-state index contributed by atoms with van der Waals surface area (Å²) in [6, 6.07) is 32.1. The number of benzene rings is 3. The van der Waals surface area contributed by atoms with E-state index in [9.17, 15) is 0 Å². The molecule has 0 N–H and O–H groups in total. The van der Waals surface area contributed by atoms with Gasteiger partial charge in [0.1, 0.15) is 0 Å². The van der Waals surface area contributed by atoms with Gasteiger partial charge in [-0.3, -0.25) is 0 Å². The van der Waals surface area contributed by atoms with Gasteiger partial charge in [0.15, 0.2) is 7.28 Å². The summed E-state index contributed by atoms with van der Waals surface area (Å²) < 4.78 is 0. The predicted molar refractivity (Wildman–Crippen MR) is 117 cm³/mol. The van der Waals surface area contributed by atoms with E-state index in [1.54, 1.807) is 0 Å². The predicted octanol–water partition coefficient (Wildman–Crippen LogP) is 0.533. The zero-order valence-corrected chi connectivity index (χ0v) is 15.0. The van der Waals surface area contributed by atoms with Gasteiger partial charge in [0.25, 0.3) is 7.41 Å².